The Balaban J connectivity index is -0.000000213. The maximum Gasteiger partial charge on any atom is 2.00 e. The van der Waals surface area contributed by atoms with E-state index in [0.717, 1.165) is 4.88 Å². The van der Waals surface area contributed by atoms with Crippen LogP contribution in [-0.4, -0.2) is 42.1 Å². The minimum absolute atomic E-state index is 0. The molecule has 7 heteroatoms. The summed E-state index contributed by atoms with van der Waals surface area (Å²) in [6.07, 6.45) is 0. The van der Waals surface area contributed by atoms with Crippen LogP contribution in [0.2, 0.25) is 0 Å². The molecule has 0 aliphatic rings. The summed E-state index contributed by atoms with van der Waals surface area (Å²) in [6, 6.07) is 1.50. The van der Waals surface area contributed by atoms with Gasteiger partial charge in [-0.3, -0.25) is 9.17 Å². The van der Waals surface area contributed by atoms with Crippen molar-refractivity contribution < 1.29 is 24.8 Å². The van der Waals surface area contributed by atoms with Gasteiger partial charge in [-0.05, 0) is 0 Å². The van der Waals surface area contributed by atoms with Crippen LogP contribution in [0.3, 0.4) is 0 Å². The van der Waals surface area contributed by atoms with Crippen molar-refractivity contribution in [1.82, 2.24) is 4.37 Å². The zero-order valence-electron chi connectivity index (χ0n) is 5.44. The second-order valence-electron chi connectivity index (χ2n) is 1.31. The maximum absolute atomic E-state index is 10.3. The summed E-state index contributed by atoms with van der Waals surface area (Å²) in [5.41, 5.74) is -0.0642. The fourth-order valence-corrected chi connectivity index (χ4v) is 1.14. The quantitative estimate of drug-likeness (QED) is 0.397. The third kappa shape index (κ3) is 6.70. The van der Waals surface area contributed by atoms with E-state index in [1.807, 2.05) is 0 Å². The molecule has 0 radical (unpaired) electrons. The zero-order valence-corrected chi connectivity index (χ0v) is 10.7. The van der Waals surface area contributed by atoms with E-state index < -0.39 is 0 Å². The number of aromatic nitrogens is 1. The molecule has 1 aromatic rings. The number of hydrogen-bond acceptors (Lipinski definition) is 2. The molecule has 1 rings (SSSR count). The fraction of sp³-hybridized carbons (Fsp3) is 0.250. The molecule has 60 valence electrons. The van der Waals surface area contributed by atoms with Crippen LogP contribution < -0.4 is 30.4 Å². The Labute approximate surface area is 116 Å². The van der Waals surface area contributed by atoms with E-state index >= 15 is 0 Å². The van der Waals surface area contributed by atoms with Gasteiger partial charge in [-0.15, -0.1) is 11.6 Å². The van der Waals surface area contributed by atoms with E-state index in [9.17, 15) is 4.79 Å². The SMILES string of the molecule is O=c1cc(CCl)s[nH]1.[Ca+2].[Cl-].[Cl-]. The first-order chi connectivity index (χ1) is 3.83. The molecular formula is C4H4CaCl3NOS. The molecule has 0 bridgehead atoms. The first-order valence-electron chi connectivity index (χ1n) is 2.06. The number of H-pyrrole nitrogens is 1. The van der Waals surface area contributed by atoms with Crippen molar-refractivity contribution in [1.29, 1.82) is 0 Å². The van der Waals surface area contributed by atoms with Gasteiger partial charge in [0.1, 0.15) is 0 Å². The van der Waals surface area contributed by atoms with Crippen molar-refractivity contribution in [2.75, 3.05) is 0 Å². The summed E-state index contributed by atoms with van der Waals surface area (Å²) in [6.45, 7) is 0. The van der Waals surface area contributed by atoms with Crippen LogP contribution in [0.15, 0.2) is 10.9 Å². The van der Waals surface area contributed by atoms with Crippen molar-refractivity contribution in [3.8, 4) is 0 Å². The van der Waals surface area contributed by atoms with Crippen molar-refractivity contribution in [3.05, 3.63) is 21.3 Å². The van der Waals surface area contributed by atoms with E-state index in [2.05, 4.69) is 4.37 Å². The number of nitrogens with one attached hydrogen (secondary N) is 1. The van der Waals surface area contributed by atoms with Crippen LogP contribution in [0.5, 0.6) is 0 Å². The van der Waals surface area contributed by atoms with E-state index in [1.54, 1.807) is 0 Å². The number of halogens is 3. The zero-order chi connectivity index (χ0) is 5.98. The first-order valence-corrected chi connectivity index (χ1v) is 3.41. The smallest absolute Gasteiger partial charge is 1.00 e. The van der Waals surface area contributed by atoms with Crippen molar-refractivity contribution in [2.24, 2.45) is 0 Å². The van der Waals surface area contributed by atoms with Crippen molar-refractivity contribution in [3.63, 3.8) is 0 Å². The summed E-state index contributed by atoms with van der Waals surface area (Å²) < 4.78 is 2.52. The molecule has 11 heavy (non-hydrogen) atoms. The van der Waals surface area contributed by atoms with Gasteiger partial charge in [0.05, 0.1) is 5.88 Å². The maximum atomic E-state index is 10.3. The van der Waals surface area contributed by atoms with Gasteiger partial charge >= 0.3 is 37.7 Å². The second kappa shape index (κ2) is 9.65. The Bertz CT molecular complexity index is 225. The topological polar surface area (TPSA) is 32.9 Å². The predicted molar refractivity (Wildman–Crippen MR) is 40.3 cm³/mol. The molecule has 1 aromatic heterocycles. The Morgan fingerprint density at radius 3 is 2.27 bits per heavy atom. The van der Waals surface area contributed by atoms with Gasteiger partial charge in [-0.2, -0.15) is 0 Å². The molecule has 2 nitrogen and oxygen atoms in total. The molecule has 0 saturated heterocycles. The van der Waals surface area contributed by atoms with Crippen LogP contribution in [0, 0.1) is 0 Å². The van der Waals surface area contributed by atoms with Crippen LogP contribution in [0.4, 0.5) is 0 Å². The van der Waals surface area contributed by atoms with Gasteiger partial charge in [0.25, 0.3) is 5.56 Å². The molecule has 0 atom stereocenters. The van der Waals surface area contributed by atoms with Crippen LogP contribution in [0.1, 0.15) is 4.88 Å². The summed E-state index contributed by atoms with van der Waals surface area (Å²) in [4.78, 5) is 11.2. The van der Waals surface area contributed by atoms with Crippen LogP contribution in [-0.2, 0) is 5.88 Å². The largest absolute Gasteiger partial charge is 2.00 e. The van der Waals surface area contributed by atoms with Crippen molar-refractivity contribution in [2.45, 2.75) is 5.88 Å². The van der Waals surface area contributed by atoms with E-state index in [1.165, 1.54) is 17.6 Å². The molecule has 1 heterocycles. The third-order valence-electron chi connectivity index (χ3n) is 0.707. The van der Waals surface area contributed by atoms with E-state index in [-0.39, 0.29) is 68.1 Å². The molecule has 0 aliphatic carbocycles. The minimum Gasteiger partial charge on any atom is -1.00 e. The van der Waals surface area contributed by atoms with Gasteiger partial charge in [0.2, 0.25) is 0 Å². The van der Waals surface area contributed by atoms with Gasteiger partial charge in [0, 0.05) is 10.9 Å². The second-order valence-corrected chi connectivity index (χ2v) is 2.51. The molecule has 0 amide bonds. The number of hydrogen-bond donors (Lipinski definition) is 1. The summed E-state index contributed by atoms with van der Waals surface area (Å²) in [5.74, 6) is 0.420. The average molecular weight is 261 g/mol. The van der Waals surface area contributed by atoms with Crippen molar-refractivity contribution >= 4 is 60.9 Å². The normalized spacial score (nSPS) is 7.00. The standard InChI is InChI=1S/C4H4ClNOS.Ca.2ClH/c5-2-3-1-4(7)6-8-3;;;/h1H,2H2,(H,6,7);;2*1H/q;+2;;/p-2. The molecule has 0 spiro atoms. The Morgan fingerprint density at radius 1 is 1.55 bits per heavy atom. The summed E-state index contributed by atoms with van der Waals surface area (Å²) >= 11 is 6.67. The monoisotopic (exact) mass is 259 g/mol. The van der Waals surface area contributed by atoms with Crippen LogP contribution >= 0.6 is 23.1 Å². The fourth-order valence-electron chi connectivity index (χ4n) is 0.387. The van der Waals surface area contributed by atoms with Gasteiger partial charge in [-0.25, -0.2) is 0 Å². The van der Waals surface area contributed by atoms with E-state index in [4.69, 9.17) is 11.6 Å². The average Bonchev–Trinajstić information content (AvgIpc) is 2.14. The van der Waals surface area contributed by atoms with E-state index in [0.29, 0.717) is 5.88 Å². The Hall–Kier alpha value is 1.56. The molecule has 1 N–H and O–H groups in total. The number of aromatic amines is 1. The third-order valence-corrected chi connectivity index (χ3v) is 1.98. The minimum atomic E-state index is -0.0642. The predicted octanol–water partition coefficient (Wildman–Crippen LogP) is -5.20. The molecule has 0 aliphatic heterocycles. The Kier molecular flexibility index (Phi) is 16.1. The molecule has 0 aromatic carbocycles. The van der Waals surface area contributed by atoms with Crippen LogP contribution in [0.25, 0.3) is 0 Å². The Morgan fingerprint density at radius 2 is 2.09 bits per heavy atom. The molecule has 0 unspecified atom stereocenters. The molecular weight excluding hydrogens is 257 g/mol. The number of rotatable bonds is 1. The summed E-state index contributed by atoms with van der Waals surface area (Å²) in [5, 5.41) is 0. The van der Waals surface area contributed by atoms with Gasteiger partial charge < -0.3 is 24.8 Å². The molecule has 0 saturated carbocycles. The first kappa shape index (κ1) is 18.4. The van der Waals surface area contributed by atoms with Gasteiger partial charge in [0.15, 0.2) is 0 Å². The summed E-state index contributed by atoms with van der Waals surface area (Å²) in [7, 11) is 0. The number of alkyl halides is 1. The van der Waals surface area contributed by atoms with Gasteiger partial charge in [-0.1, -0.05) is 11.5 Å². The molecule has 0 fully saturated rings.